The molecule has 0 aliphatic carbocycles. The largest absolute Gasteiger partial charge is 0.0683 e. The van der Waals surface area contributed by atoms with Crippen LogP contribution < -0.4 is 0 Å². The lowest BCUT2D eigenvalue weighted by molar-refractivity contribution is 0.772. The van der Waals surface area contributed by atoms with Crippen molar-refractivity contribution in [2.24, 2.45) is 0 Å². The quantitative estimate of drug-likeness (QED) is 0.121. The smallest absolute Gasteiger partial charge is 0.00206 e. The summed E-state index contributed by atoms with van der Waals surface area (Å²) < 4.78 is 0. The number of hydrogen-bond donors (Lipinski definition) is 0. The molecule has 0 nitrogen and oxygen atoms in total. The summed E-state index contributed by atoms with van der Waals surface area (Å²) in [7, 11) is 0. The molecule has 0 heterocycles. The van der Waals surface area contributed by atoms with Gasteiger partial charge in [0.15, 0.2) is 0 Å². The lowest BCUT2D eigenvalue weighted by Gasteiger charge is -2.22. The maximum Gasteiger partial charge on any atom is -0.00206 e. The summed E-state index contributed by atoms with van der Waals surface area (Å²) in [5.74, 6) is 0. The summed E-state index contributed by atoms with van der Waals surface area (Å²) in [5, 5.41) is 2.75. The van der Waals surface area contributed by atoms with Crippen LogP contribution in [0.2, 0.25) is 0 Å². The van der Waals surface area contributed by atoms with Crippen LogP contribution in [0.1, 0.15) is 84.8 Å². The van der Waals surface area contributed by atoms with E-state index in [0.29, 0.717) is 0 Å². The van der Waals surface area contributed by atoms with Crippen LogP contribution in [-0.4, -0.2) is 0 Å². The van der Waals surface area contributed by atoms with Gasteiger partial charge in [0.25, 0.3) is 0 Å². The van der Waals surface area contributed by atoms with Crippen LogP contribution in [0.3, 0.4) is 0 Å². The molecule has 0 atom stereocenters. The van der Waals surface area contributed by atoms with Crippen LogP contribution in [-0.2, 0) is 0 Å². The molecule has 11 aromatic rings. The normalized spacial score (nSPS) is 10.3. The topological polar surface area (TPSA) is 0 Å². The van der Waals surface area contributed by atoms with Crippen LogP contribution in [0.25, 0.3) is 99.8 Å². The summed E-state index contributed by atoms with van der Waals surface area (Å²) in [4.78, 5) is 0. The fraction of sp³-hybridized carbons (Fsp3) is 0.169. The first kappa shape index (κ1) is 56.4. The average Bonchev–Trinajstić information content (AvgIpc) is 3.54. The van der Waals surface area contributed by atoms with Gasteiger partial charge in [0.1, 0.15) is 0 Å². The van der Waals surface area contributed by atoms with Gasteiger partial charge in [-0.25, -0.2) is 0 Å². The predicted octanol–water partition coefficient (Wildman–Crippen LogP) is 23.5. The highest BCUT2D eigenvalue weighted by Crippen LogP contribution is 2.49. The van der Waals surface area contributed by atoms with E-state index < -0.39 is 0 Å². The molecular formula is C77H78. The second kappa shape index (κ2) is 29.7. The molecule has 0 unspecified atom stereocenters. The van der Waals surface area contributed by atoms with E-state index in [4.69, 9.17) is 0 Å². The summed E-state index contributed by atoms with van der Waals surface area (Å²) in [6, 6.07) is 96.3. The third-order valence-corrected chi connectivity index (χ3v) is 13.9. The number of aryl methyl sites for hydroxylation is 2. The summed E-state index contributed by atoms with van der Waals surface area (Å²) in [6.45, 7) is 17.1. The van der Waals surface area contributed by atoms with E-state index in [0.717, 1.165) is 0 Å². The lowest BCUT2D eigenvalue weighted by Crippen LogP contribution is -1.96. The van der Waals surface area contributed by atoms with Gasteiger partial charge >= 0.3 is 0 Å². The summed E-state index contributed by atoms with van der Waals surface area (Å²) in [6.07, 6.45) is 6.72. The molecule has 0 aliphatic heterocycles. The Kier molecular flexibility index (Phi) is 21.7. The highest BCUT2D eigenvalue weighted by molar-refractivity contribution is 6.04. The molecule has 386 valence electrons. The van der Waals surface area contributed by atoms with Crippen LogP contribution in [0.15, 0.2) is 267 Å². The van der Waals surface area contributed by atoms with E-state index in [1.54, 1.807) is 0 Å². The Morgan fingerprint density at radius 3 is 0.623 bits per heavy atom. The van der Waals surface area contributed by atoms with Crippen molar-refractivity contribution in [3.63, 3.8) is 0 Å². The third-order valence-electron chi connectivity index (χ3n) is 13.9. The minimum Gasteiger partial charge on any atom is -0.0683 e. The SMILES string of the molecule is CC.CCCC.CCCCC.Cc1ccc(C)c2ccccc12.c1ccc(-c2ccc(-c3ccccc3)c(-c3ccc(-c4c(-c5ccccc5)ccc(-c5ccccc5)c4-c4ccccc4)cc3)c2-c2ccccc2)cc1. The molecule has 0 fully saturated rings. The van der Waals surface area contributed by atoms with Crippen LogP contribution in [0, 0.1) is 13.8 Å². The lowest BCUT2D eigenvalue weighted by atomic mass is 9.81. The van der Waals surface area contributed by atoms with Gasteiger partial charge in [0, 0.05) is 0 Å². The van der Waals surface area contributed by atoms with Gasteiger partial charge in [-0.1, -0.05) is 341 Å². The van der Waals surface area contributed by atoms with E-state index in [1.165, 1.54) is 143 Å². The number of benzene rings is 11. The van der Waals surface area contributed by atoms with Crippen molar-refractivity contribution >= 4 is 10.8 Å². The summed E-state index contributed by atoms with van der Waals surface area (Å²) in [5.41, 5.74) is 22.0. The molecule has 0 aromatic heterocycles. The first-order valence-corrected chi connectivity index (χ1v) is 28.2. The molecule has 77 heavy (non-hydrogen) atoms. The molecule has 0 saturated heterocycles. The van der Waals surface area contributed by atoms with E-state index in [9.17, 15) is 0 Å². The van der Waals surface area contributed by atoms with Gasteiger partial charge in [0.2, 0.25) is 0 Å². The number of rotatable bonds is 11. The zero-order chi connectivity index (χ0) is 54.2. The van der Waals surface area contributed by atoms with E-state index >= 15 is 0 Å². The number of fused-ring (bicyclic) bond motifs is 1. The van der Waals surface area contributed by atoms with Crippen LogP contribution in [0.4, 0.5) is 0 Å². The summed E-state index contributed by atoms with van der Waals surface area (Å²) >= 11 is 0. The van der Waals surface area contributed by atoms with Gasteiger partial charge in [-0.2, -0.15) is 0 Å². The monoisotopic (exact) mass is 1000 g/mol. The molecule has 0 heteroatoms. The van der Waals surface area contributed by atoms with Crippen molar-refractivity contribution in [3.05, 3.63) is 278 Å². The highest BCUT2D eigenvalue weighted by atomic mass is 14.3. The minimum atomic E-state index is 1.18. The van der Waals surface area contributed by atoms with Gasteiger partial charge in [-0.15, -0.1) is 0 Å². The van der Waals surface area contributed by atoms with Gasteiger partial charge in [-0.3, -0.25) is 0 Å². The first-order chi connectivity index (χ1) is 37.9. The zero-order valence-electron chi connectivity index (χ0n) is 46.9. The van der Waals surface area contributed by atoms with Gasteiger partial charge < -0.3 is 0 Å². The van der Waals surface area contributed by atoms with Gasteiger partial charge in [-0.05, 0) is 125 Å². The maximum atomic E-state index is 2.33. The van der Waals surface area contributed by atoms with Crippen molar-refractivity contribution in [1.29, 1.82) is 0 Å². The molecule has 0 saturated carbocycles. The maximum absolute atomic E-state index is 2.33. The Morgan fingerprint density at radius 1 is 0.208 bits per heavy atom. The number of hydrogen-bond acceptors (Lipinski definition) is 0. The molecule has 0 spiro atoms. The average molecular weight is 1000 g/mol. The van der Waals surface area contributed by atoms with Crippen molar-refractivity contribution < 1.29 is 0 Å². The first-order valence-electron chi connectivity index (χ1n) is 28.2. The third kappa shape index (κ3) is 14.3. The Morgan fingerprint density at radius 2 is 0.416 bits per heavy atom. The molecule has 0 radical (unpaired) electrons. The standard InChI is InChI=1S/C54H38.C12H12.C5H12.C4H10.C2H6/c1-7-19-39(20-8-1)47-35-37-49(41-23-11-3-12-24-41)53(51(47)43-27-15-5-16-28-43)45-31-33-46(34-32-45)54-50(42-25-13-4-14-26-42)38-36-48(40-21-9-2-10-22-40)52(54)44-29-17-6-18-30-44;1-9-7-8-10(2)12-6-4-3-5-11(9)12;1-3-5-4-2;1-3-4-2;1-2/h1-38H;3-8H,1-2H3;3-5H2,1-2H3;3-4H2,1-2H3;1-2H3. The zero-order valence-corrected chi connectivity index (χ0v) is 46.9. The van der Waals surface area contributed by atoms with E-state index in [1.807, 2.05) is 13.8 Å². The van der Waals surface area contributed by atoms with Crippen molar-refractivity contribution in [1.82, 2.24) is 0 Å². The highest BCUT2D eigenvalue weighted by Gasteiger charge is 2.22. The predicted molar refractivity (Wildman–Crippen MR) is 340 cm³/mol. The molecule has 11 aromatic carbocycles. The molecule has 0 aliphatic rings. The van der Waals surface area contributed by atoms with Gasteiger partial charge in [0.05, 0.1) is 0 Å². The molecule has 0 N–H and O–H groups in total. The molecule has 0 bridgehead atoms. The number of unbranched alkanes of at least 4 members (excludes halogenated alkanes) is 3. The van der Waals surface area contributed by atoms with Crippen molar-refractivity contribution in [2.45, 2.75) is 87.5 Å². The second-order valence-corrected chi connectivity index (χ2v) is 19.2. The fourth-order valence-electron chi connectivity index (χ4n) is 9.80. The Balaban J connectivity index is 0.000000312. The van der Waals surface area contributed by atoms with Crippen molar-refractivity contribution in [2.75, 3.05) is 0 Å². The van der Waals surface area contributed by atoms with E-state index in [2.05, 4.69) is 308 Å². The van der Waals surface area contributed by atoms with Crippen LogP contribution >= 0.6 is 0 Å². The van der Waals surface area contributed by atoms with Crippen molar-refractivity contribution in [3.8, 4) is 89.0 Å². The Labute approximate surface area is 462 Å². The minimum absolute atomic E-state index is 1.18. The molecule has 0 amide bonds. The molecule has 11 rings (SSSR count). The second-order valence-electron chi connectivity index (χ2n) is 19.2. The Bertz CT molecular complexity index is 3220. The van der Waals surface area contributed by atoms with Crippen LogP contribution in [0.5, 0.6) is 0 Å². The molecular weight excluding hydrogens is 925 g/mol. The van der Waals surface area contributed by atoms with E-state index in [-0.39, 0.29) is 0 Å². The fourth-order valence-corrected chi connectivity index (χ4v) is 9.80. The Hall–Kier alpha value is -8.32.